The molecule has 1 atom stereocenters. The predicted octanol–water partition coefficient (Wildman–Crippen LogP) is 3.79. The summed E-state index contributed by atoms with van der Waals surface area (Å²) in [5, 5.41) is 14.2. The van der Waals surface area contributed by atoms with Crippen molar-refractivity contribution in [3.8, 4) is 0 Å². The Labute approximate surface area is 121 Å². The maximum atomic E-state index is 12.6. The molecule has 0 radical (unpaired) electrons. The van der Waals surface area contributed by atoms with Gasteiger partial charge in [-0.1, -0.05) is 26.8 Å². The monoisotopic (exact) mass is 304 g/mol. The summed E-state index contributed by atoms with van der Waals surface area (Å²) in [6.07, 6.45) is -4.26. The van der Waals surface area contributed by atoms with Crippen LogP contribution in [0.4, 0.5) is 18.9 Å². The zero-order chi connectivity index (χ0) is 16.2. The van der Waals surface area contributed by atoms with E-state index in [4.69, 9.17) is 0 Å². The van der Waals surface area contributed by atoms with Crippen LogP contribution in [0.15, 0.2) is 18.2 Å². The van der Waals surface area contributed by atoms with Gasteiger partial charge in [-0.3, -0.25) is 10.1 Å². The largest absolute Gasteiger partial charge is 0.416 e. The van der Waals surface area contributed by atoms with Gasteiger partial charge in [0.1, 0.15) is 0 Å². The van der Waals surface area contributed by atoms with Gasteiger partial charge in [0.2, 0.25) is 0 Å². The molecule has 1 aromatic carbocycles. The van der Waals surface area contributed by atoms with Gasteiger partial charge in [0.15, 0.2) is 0 Å². The molecule has 1 aromatic rings. The smallest absolute Gasteiger partial charge is 0.314 e. The Kier molecular flexibility index (Phi) is 5.71. The quantitative estimate of drug-likeness (QED) is 0.642. The van der Waals surface area contributed by atoms with Crippen LogP contribution >= 0.6 is 0 Å². The van der Waals surface area contributed by atoms with Gasteiger partial charge in [-0.25, -0.2) is 0 Å². The molecule has 0 amide bonds. The zero-order valence-corrected chi connectivity index (χ0v) is 12.2. The van der Waals surface area contributed by atoms with E-state index in [2.05, 4.69) is 5.32 Å². The number of hydrogen-bond donors (Lipinski definition) is 1. The predicted molar refractivity (Wildman–Crippen MR) is 74.1 cm³/mol. The fraction of sp³-hybridized carbons (Fsp3) is 0.571. The molecule has 0 heterocycles. The highest BCUT2D eigenvalue weighted by atomic mass is 19.4. The van der Waals surface area contributed by atoms with Crippen molar-refractivity contribution < 1.29 is 18.1 Å². The number of halogens is 3. The molecular formula is C14H19F3N2O2. The Bertz CT molecular complexity index is 501. The summed E-state index contributed by atoms with van der Waals surface area (Å²) in [7, 11) is 0. The molecule has 0 fully saturated rings. The van der Waals surface area contributed by atoms with E-state index in [1.165, 1.54) is 6.07 Å². The van der Waals surface area contributed by atoms with Gasteiger partial charge in [0.05, 0.1) is 10.5 Å². The molecular weight excluding hydrogens is 285 g/mol. The van der Waals surface area contributed by atoms with Crippen molar-refractivity contribution in [1.29, 1.82) is 0 Å². The second-order valence-electron chi connectivity index (χ2n) is 5.21. The van der Waals surface area contributed by atoms with Crippen LogP contribution in [0.2, 0.25) is 0 Å². The molecule has 0 aliphatic rings. The summed E-state index contributed by atoms with van der Waals surface area (Å²) in [6.45, 7) is 6.53. The first-order chi connectivity index (χ1) is 9.66. The number of rotatable bonds is 6. The maximum absolute atomic E-state index is 12.6. The van der Waals surface area contributed by atoms with Crippen molar-refractivity contribution in [3.63, 3.8) is 0 Å². The van der Waals surface area contributed by atoms with E-state index >= 15 is 0 Å². The van der Waals surface area contributed by atoms with E-state index in [-0.39, 0.29) is 12.0 Å². The Hall–Kier alpha value is -1.63. The van der Waals surface area contributed by atoms with Crippen molar-refractivity contribution in [2.75, 3.05) is 6.54 Å². The first kappa shape index (κ1) is 17.4. The minimum atomic E-state index is -4.58. The lowest BCUT2D eigenvalue weighted by atomic mass is 9.94. The average molecular weight is 304 g/mol. The fourth-order valence-electron chi connectivity index (χ4n) is 2.13. The number of nitrogens with zero attached hydrogens (tertiary/aromatic N) is 1. The lowest BCUT2D eigenvalue weighted by Gasteiger charge is -2.22. The second kappa shape index (κ2) is 6.89. The summed E-state index contributed by atoms with van der Waals surface area (Å²) < 4.78 is 37.9. The molecule has 1 rings (SSSR count). The van der Waals surface area contributed by atoms with E-state index in [1.807, 2.05) is 20.8 Å². The fourth-order valence-corrected chi connectivity index (χ4v) is 2.13. The minimum Gasteiger partial charge on any atom is -0.314 e. The van der Waals surface area contributed by atoms with Crippen molar-refractivity contribution in [3.05, 3.63) is 39.4 Å². The first-order valence-corrected chi connectivity index (χ1v) is 6.74. The van der Waals surface area contributed by atoms with Gasteiger partial charge in [0.25, 0.3) is 5.69 Å². The number of likely N-dealkylation sites (N-methyl/N-ethyl adjacent to an activating group) is 1. The van der Waals surface area contributed by atoms with Crippen LogP contribution in [0.25, 0.3) is 0 Å². The number of nitrogens with one attached hydrogen (secondary N) is 1. The van der Waals surface area contributed by atoms with Crippen LogP contribution in [-0.4, -0.2) is 17.5 Å². The Morgan fingerprint density at radius 1 is 1.33 bits per heavy atom. The van der Waals surface area contributed by atoms with Crippen molar-refractivity contribution in [2.45, 2.75) is 39.4 Å². The van der Waals surface area contributed by atoms with Gasteiger partial charge in [0, 0.05) is 17.7 Å². The average Bonchev–Trinajstić information content (AvgIpc) is 2.36. The van der Waals surface area contributed by atoms with Gasteiger partial charge >= 0.3 is 6.18 Å². The molecule has 0 aromatic heterocycles. The van der Waals surface area contributed by atoms with Crippen LogP contribution in [0, 0.1) is 16.0 Å². The lowest BCUT2D eigenvalue weighted by Crippen LogP contribution is -2.35. The minimum absolute atomic E-state index is 0.0227. The Morgan fingerprint density at radius 2 is 1.95 bits per heavy atom. The molecule has 118 valence electrons. The summed E-state index contributed by atoms with van der Waals surface area (Å²) in [6, 6.07) is 2.68. The summed E-state index contributed by atoms with van der Waals surface area (Å²) >= 11 is 0. The van der Waals surface area contributed by atoms with Gasteiger partial charge in [-0.2, -0.15) is 13.2 Å². The third kappa shape index (κ3) is 4.70. The molecule has 1 unspecified atom stereocenters. The SMILES string of the molecule is CCNC(Cc1ccc(C(F)(F)F)cc1[N+](=O)[O-])C(C)C. The number of alkyl halides is 3. The molecule has 0 aliphatic heterocycles. The standard InChI is InChI=1S/C14H19F3N2O2/c1-4-18-12(9(2)3)7-10-5-6-11(14(15,16)17)8-13(10)19(20)21/h5-6,8-9,12,18H,4,7H2,1-3H3. The molecule has 0 spiro atoms. The summed E-state index contributed by atoms with van der Waals surface area (Å²) in [4.78, 5) is 10.3. The maximum Gasteiger partial charge on any atom is 0.416 e. The van der Waals surface area contributed by atoms with Crippen molar-refractivity contribution in [1.82, 2.24) is 5.32 Å². The first-order valence-electron chi connectivity index (χ1n) is 6.74. The number of hydrogen-bond acceptors (Lipinski definition) is 3. The third-order valence-electron chi connectivity index (χ3n) is 3.32. The van der Waals surface area contributed by atoms with E-state index in [1.54, 1.807) is 0 Å². The summed E-state index contributed by atoms with van der Waals surface area (Å²) in [5.74, 6) is 0.215. The topological polar surface area (TPSA) is 55.2 Å². The zero-order valence-electron chi connectivity index (χ0n) is 12.2. The Balaban J connectivity index is 3.15. The number of benzene rings is 1. The van der Waals surface area contributed by atoms with Gasteiger partial charge < -0.3 is 5.32 Å². The summed E-state index contributed by atoms with van der Waals surface area (Å²) in [5.41, 5.74) is -1.16. The van der Waals surface area contributed by atoms with E-state index in [0.717, 1.165) is 6.07 Å². The molecule has 0 bridgehead atoms. The van der Waals surface area contributed by atoms with E-state index < -0.39 is 22.4 Å². The van der Waals surface area contributed by atoms with Crippen LogP contribution in [0.5, 0.6) is 0 Å². The molecule has 4 nitrogen and oxygen atoms in total. The molecule has 0 saturated carbocycles. The number of nitro benzene ring substituents is 1. The molecule has 7 heteroatoms. The van der Waals surface area contributed by atoms with Crippen molar-refractivity contribution >= 4 is 5.69 Å². The van der Waals surface area contributed by atoms with E-state index in [9.17, 15) is 23.3 Å². The molecule has 0 saturated heterocycles. The van der Waals surface area contributed by atoms with Crippen LogP contribution in [0.3, 0.4) is 0 Å². The van der Waals surface area contributed by atoms with E-state index in [0.29, 0.717) is 24.6 Å². The lowest BCUT2D eigenvalue weighted by molar-refractivity contribution is -0.385. The third-order valence-corrected chi connectivity index (χ3v) is 3.32. The van der Waals surface area contributed by atoms with Crippen LogP contribution < -0.4 is 5.32 Å². The highest BCUT2D eigenvalue weighted by Crippen LogP contribution is 2.33. The van der Waals surface area contributed by atoms with Crippen LogP contribution in [-0.2, 0) is 12.6 Å². The van der Waals surface area contributed by atoms with Gasteiger partial charge in [-0.05, 0) is 24.9 Å². The normalized spacial score (nSPS) is 13.5. The highest BCUT2D eigenvalue weighted by Gasteiger charge is 2.33. The highest BCUT2D eigenvalue weighted by molar-refractivity contribution is 5.44. The van der Waals surface area contributed by atoms with Crippen LogP contribution in [0.1, 0.15) is 31.9 Å². The Morgan fingerprint density at radius 3 is 2.38 bits per heavy atom. The second-order valence-corrected chi connectivity index (χ2v) is 5.21. The molecule has 1 N–H and O–H groups in total. The molecule has 0 aliphatic carbocycles. The molecule has 21 heavy (non-hydrogen) atoms. The number of nitro groups is 1. The van der Waals surface area contributed by atoms with Crippen molar-refractivity contribution in [2.24, 2.45) is 5.92 Å². The van der Waals surface area contributed by atoms with Gasteiger partial charge in [-0.15, -0.1) is 0 Å².